The Morgan fingerprint density at radius 1 is 1.05 bits per heavy atom. The van der Waals surface area contributed by atoms with Crippen molar-refractivity contribution < 1.29 is 4.79 Å². The van der Waals surface area contributed by atoms with Gasteiger partial charge in [0.1, 0.15) is 0 Å². The van der Waals surface area contributed by atoms with Gasteiger partial charge in [-0.1, -0.05) is 58.4 Å². The van der Waals surface area contributed by atoms with Crippen LogP contribution < -0.4 is 0 Å². The quantitative estimate of drug-likeness (QED) is 0.801. The number of halogens is 1. The summed E-state index contributed by atoms with van der Waals surface area (Å²) in [6.07, 6.45) is 2.79. The van der Waals surface area contributed by atoms with Gasteiger partial charge in [-0.15, -0.1) is 0 Å². The highest BCUT2D eigenvalue weighted by Gasteiger charge is 2.28. The van der Waals surface area contributed by atoms with Crippen molar-refractivity contribution in [1.82, 2.24) is 0 Å². The molecule has 0 aliphatic heterocycles. The number of ketones is 1. The van der Waals surface area contributed by atoms with E-state index in [0.717, 1.165) is 29.3 Å². The van der Waals surface area contributed by atoms with Gasteiger partial charge in [-0.3, -0.25) is 4.79 Å². The Labute approximate surface area is 121 Å². The number of carbonyl (C=O) groups excluding carboxylic acids is 1. The fraction of sp³-hybridized carbons (Fsp3) is 0.235. The minimum absolute atomic E-state index is 0.129. The standard InChI is InChI=1S/C17H15BrO/c18-16-8-4-7-15-14(16)10-9-13(17(15)19)11-12-5-2-1-3-6-12/h1-8,13H,9-11H2. The van der Waals surface area contributed by atoms with Crippen LogP contribution in [0.25, 0.3) is 0 Å². The lowest BCUT2D eigenvalue weighted by molar-refractivity contribution is 0.0901. The number of hydrogen-bond donors (Lipinski definition) is 0. The van der Waals surface area contributed by atoms with E-state index in [1.165, 1.54) is 11.1 Å². The average Bonchev–Trinajstić information content (AvgIpc) is 2.44. The van der Waals surface area contributed by atoms with Crippen molar-refractivity contribution in [1.29, 1.82) is 0 Å². The van der Waals surface area contributed by atoms with Crippen LogP contribution in [0.4, 0.5) is 0 Å². The zero-order chi connectivity index (χ0) is 13.2. The molecule has 0 N–H and O–H groups in total. The van der Waals surface area contributed by atoms with Crippen molar-refractivity contribution in [3.05, 3.63) is 69.7 Å². The molecule has 1 atom stereocenters. The van der Waals surface area contributed by atoms with E-state index in [2.05, 4.69) is 28.1 Å². The predicted molar refractivity (Wildman–Crippen MR) is 80.4 cm³/mol. The molecule has 0 aromatic heterocycles. The lowest BCUT2D eigenvalue weighted by atomic mass is 9.80. The van der Waals surface area contributed by atoms with Crippen LogP contribution >= 0.6 is 15.9 Å². The Hall–Kier alpha value is -1.41. The third kappa shape index (κ3) is 2.50. The van der Waals surface area contributed by atoms with E-state index in [1.54, 1.807) is 0 Å². The van der Waals surface area contributed by atoms with Gasteiger partial charge in [-0.25, -0.2) is 0 Å². The zero-order valence-corrected chi connectivity index (χ0v) is 12.2. The SMILES string of the molecule is O=C1c2cccc(Br)c2CCC1Cc1ccccc1. The average molecular weight is 315 g/mol. The number of hydrogen-bond acceptors (Lipinski definition) is 1. The first kappa shape index (κ1) is 12.6. The molecule has 2 heteroatoms. The first-order valence-corrected chi connectivity index (χ1v) is 7.40. The van der Waals surface area contributed by atoms with Gasteiger partial charge < -0.3 is 0 Å². The van der Waals surface area contributed by atoms with Crippen LogP contribution in [0.1, 0.15) is 27.9 Å². The van der Waals surface area contributed by atoms with Crippen LogP contribution in [0, 0.1) is 5.92 Å². The van der Waals surface area contributed by atoms with Gasteiger partial charge in [0, 0.05) is 16.0 Å². The molecule has 1 aliphatic rings. The van der Waals surface area contributed by atoms with E-state index in [1.807, 2.05) is 36.4 Å². The minimum atomic E-state index is 0.129. The van der Waals surface area contributed by atoms with Crippen LogP contribution in [0.15, 0.2) is 53.0 Å². The third-order valence-electron chi connectivity index (χ3n) is 3.82. The summed E-state index contributed by atoms with van der Waals surface area (Å²) in [6, 6.07) is 16.2. The first-order valence-electron chi connectivity index (χ1n) is 6.61. The minimum Gasteiger partial charge on any atom is -0.294 e. The van der Waals surface area contributed by atoms with Crippen molar-refractivity contribution in [3.8, 4) is 0 Å². The number of carbonyl (C=O) groups is 1. The van der Waals surface area contributed by atoms with Gasteiger partial charge in [0.15, 0.2) is 5.78 Å². The second kappa shape index (κ2) is 5.30. The molecule has 0 saturated carbocycles. The summed E-state index contributed by atoms with van der Waals surface area (Å²) < 4.78 is 1.07. The largest absolute Gasteiger partial charge is 0.294 e. The summed E-state index contributed by atoms with van der Waals surface area (Å²) in [5, 5.41) is 0. The van der Waals surface area contributed by atoms with E-state index >= 15 is 0 Å². The van der Waals surface area contributed by atoms with Crippen molar-refractivity contribution >= 4 is 21.7 Å². The smallest absolute Gasteiger partial charge is 0.166 e. The molecule has 0 spiro atoms. The molecule has 3 rings (SSSR count). The molecule has 1 aliphatic carbocycles. The van der Waals surface area contributed by atoms with E-state index in [9.17, 15) is 4.79 Å². The van der Waals surface area contributed by atoms with Crippen LogP contribution in [-0.2, 0) is 12.8 Å². The number of benzene rings is 2. The van der Waals surface area contributed by atoms with Gasteiger partial charge in [0.25, 0.3) is 0 Å². The third-order valence-corrected chi connectivity index (χ3v) is 4.57. The monoisotopic (exact) mass is 314 g/mol. The van der Waals surface area contributed by atoms with Crippen LogP contribution in [-0.4, -0.2) is 5.78 Å². The Morgan fingerprint density at radius 2 is 1.84 bits per heavy atom. The maximum atomic E-state index is 12.6. The second-order valence-electron chi connectivity index (χ2n) is 5.06. The van der Waals surface area contributed by atoms with Crippen LogP contribution in [0.2, 0.25) is 0 Å². The molecule has 0 saturated heterocycles. The van der Waals surface area contributed by atoms with Crippen molar-refractivity contribution in [2.45, 2.75) is 19.3 Å². The predicted octanol–water partition coefficient (Wildman–Crippen LogP) is 4.44. The summed E-state index contributed by atoms with van der Waals surface area (Å²) in [5.41, 5.74) is 3.33. The van der Waals surface area contributed by atoms with Crippen molar-refractivity contribution in [2.24, 2.45) is 5.92 Å². The molecule has 0 fully saturated rings. The fourth-order valence-electron chi connectivity index (χ4n) is 2.81. The number of fused-ring (bicyclic) bond motifs is 1. The highest BCUT2D eigenvalue weighted by Crippen LogP contribution is 2.32. The molecule has 0 bridgehead atoms. The molecular formula is C17H15BrO. The highest BCUT2D eigenvalue weighted by molar-refractivity contribution is 9.10. The van der Waals surface area contributed by atoms with E-state index < -0.39 is 0 Å². The maximum absolute atomic E-state index is 12.6. The number of rotatable bonds is 2. The Kier molecular flexibility index (Phi) is 3.52. The first-order chi connectivity index (χ1) is 9.25. The second-order valence-corrected chi connectivity index (χ2v) is 5.91. The van der Waals surface area contributed by atoms with Crippen LogP contribution in [0.3, 0.4) is 0 Å². The van der Waals surface area contributed by atoms with Gasteiger partial charge in [-0.05, 0) is 36.5 Å². The van der Waals surface area contributed by atoms with Gasteiger partial charge in [0.05, 0.1) is 0 Å². The zero-order valence-electron chi connectivity index (χ0n) is 10.6. The molecule has 1 unspecified atom stereocenters. The van der Waals surface area contributed by atoms with Gasteiger partial charge in [-0.2, -0.15) is 0 Å². The van der Waals surface area contributed by atoms with E-state index in [0.29, 0.717) is 5.78 Å². The normalized spacial score (nSPS) is 18.2. The molecule has 0 radical (unpaired) electrons. The topological polar surface area (TPSA) is 17.1 Å². The Bertz CT molecular complexity index is 604. The fourth-order valence-corrected chi connectivity index (χ4v) is 3.37. The van der Waals surface area contributed by atoms with Crippen molar-refractivity contribution in [3.63, 3.8) is 0 Å². The van der Waals surface area contributed by atoms with E-state index in [-0.39, 0.29) is 5.92 Å². The molecule has 96 valence electrons. The summed E-state index contributed by atoms with van der Waals surface area (Å²) in [5.74, 6) is 0.426. The Morgan fingerprint density at radius 3 is 2.63 bits per heavy atom. The van der Waals surface area contributed by atoms with Crippen molar-refractivity contribution in [2.75, 3.05) is 0 Å². The molecule has 0 amide bonds. The molecule has 19 heavy (non-hydrogen) atoms. The molecule has 1 nitrogen and oxygen atoms in total. The number of Topliss-reactive ketones (excluding diaryl/α,β-unsaturated/α-hetero) is 1. The highest BCUT2D eigenvalue weighted by atomic mass is 79.9. The molecule has 0 heterocycles. The molecule has 2 aromatic carbocycles. The maximum Gasteiger partial charge on any atom is 0.166 e. The molecular weight excluding hydrogens is 300 g/mol. The summed E-state index contributed by atoms with van der Waals surface area (Å²) >= 11 is 3.54. The van der Waals surface area contributed by atoms with Gasteiger partial charge in [0.2, 0.25) is 0 Å². The Balaban J connectivity index is 1.86. The van der Waals surface area contributed by atoms with E-state index in [4.69, 9.17) is 0 Å². The van der Waals surface area contributed by atoms with Gasteiger partial charge >= 0.3 is 0 Å². The van der Waals surface area contributed by atoms with Crippen LogP contribution in [0.5, 0.6) is 0 Å². The lowest BCUT2D eigenvalue weighted by Gasteiger charge is -2.24. The summed E-state index contributed by atoms with van der Waals surface area (Å²) in [6.45, 7) is 0. The molecule has 2 aromatic rings. The summed E-state index contributed by atoms with van der Waals surface area (Å²) in [4.78, 5) is 12.6. The summed E-state index contributed by atoms with van der Waals surface area (Å²) in [7, 11) is 0. The lowest BCUT2D eigenvalue weighted by Crippen LogP contribution is -2.24.